The highest BCUT2D eigenvalue weighted by molar-refractivity contribution is 6.34. The molecule has 3 aromatic rings. The van der Waals surface area contributed by atoms with Gasteiger partial charge in [0.1, 0.15) is 5.69 Å². The highest BCUT2D eigenvalue weighted by atomic mass is 35.5. The van der Waals surface area contributed by atoms with Crippen LogP contribution in [0.5, 0.6) is 0 Å². The topological polar surface area (TPSA) is 43.6 Å². The van der Waals surface area contributed by atoms with Gasteiger partial charge in [-0.25, -0.2) is 0 Å². The summed E-state index contributed by atoms with van der Waals surface area (Å²) in [6, 6.07) is 7.81. The molecule has 0 aliphatic heterocycles. The molecule has 0 aliphatic rings. The van der Waals surface area contributed by atoms with Crippen LogP contribution in [0.4, 0.5) is 0 Å². The van der Waals surface area contributed by atoms with E-state index in [9.17, 15) is 0 Å². The molecule has 2 heterocycles. The number of benzene rings is 1. The number of halogens is 1. The molecule has 0 bridgehead atoms. The van der Waals surface area contributed by atoms with E-state index in [0.717, 1.165) is 22.0 Å². The fraction of sp³-hybridized carbons (Fsp3) is 0.0833. The van der Waals surface area contributed by atoms with E-state index in [1.807, 2.05) is 37.5 Å². The number of hydrogen-bond acceptors (Lipinski definition) is 3. The van der Waals surface area contributed by atoms with Crippen molar-refractivity contribution in [1.29, 1.82) is 0 Å². The van der Waals surface area contributed by atoms with Crippen LogP contribution < -0.4 is 0 Å². The number of nitrogens with zero attached hydrogens (tertiary/aromatic N) is 4. The summed E-state index contributed by atoms with van der Waals surface area (Å²) < 4.78 is 1.74. The number of hydrogen-bond donors (Lipinski definition) is 0. The lowest BCUT2D eigenvalue weighted by atomic mass is 10.1. The maximum atomic E-state index is 6.03. The molecule has 0 aliphatic carbocycles. The van der Waals surface area contributed by atoms with Gasteiger partial charge in [-0.15, -0.1) is 10.2 Å². The van der Waals surface area contributed by atoms with Gasteiger partial charge in [-0.1, -0.05) is 35.9 Å². The van der Waals surface area contributed by atoms with E-state index in [2.05, 4.69) is 15.3 Å². The summed E-state index contributed by atoms with van der Waals surface area (Å²) in [6.07, 6.45) is 3.68. The van der Waals surface area contributed by atoms with E-state index in [-0.39, 0.29) is 0 Å². The molecule has 84 valence electrons. The van der Waals surface area contributed by atoms with Gasteiger partial charge in [0.2, 0.25) is 0 Å². The van der Waals surface area contributed by atoms with Crippen LogP contribution in [0.1, 0.15) is 0 Å². The first-order valence-electron chi connectivity index (χ1n) is 5.15. The second-order valence-corrected chi connectivity index (χ2v) is 4.15. The number of aryl methyl sites for hydroxylation is 1. The smallest absolute Gasteiger partial charge is 0.159 e. The SMILES string of the molecule is Cn1cc(-c2nnc(Cl)c3ccccc23)cn1. The van der Waals surface area contributed by atoms with Crippen LogP contribution in [-0.4, -0.2) is 20.0 Å². The Bertz CT molecular complexity index is 690. The van der Waals surface area contributed by atoms with E-state index >= 15 is 0 Å². The predicted octanol–water partition coefficient (Wildman–Crippen LogP) is 2.68. The maximum absolute atomic E-state index is 6.03. The second kappa shape index (κ2) is 3.82. The van der Waals surface area contributed by atoms with Gasteiger partial charge >= 0.3 is 0 Å². The van der Waals surface area contributed by atoms with Crippen LogP contribution >= 0.6 is 11.6 Å². The molecule has 0 saturated carbocycles. The lowest BCUT2D eigenvalue weighted by molar-refractivity contribution is 0.768. The fourth-order valence-corrected chi connectivity index (χ4v) is 2.03. The number of fused-ring (bicyclic) bond motifs is 1. The van der Waals surface area contributed by atoms with Crippen LogP contribution in [-0.2, 0) is 7.05 Å². The lowest BCUT2D eigenvalue weighted by Gasteiger charge is -2.03. The quantitative estimate of drug-likeness (QED) is 0.661. The van der Waals surface area contributed by atoms with Crippen LogP contribution in [0, 0.1) is 0 Å². The van der Waals surface area contributed by atoms with Crippen molar-refractivity contribution in [3.8, 4) is 11.3 Å². The normalized spacial score (nSPS) is 10.9. The minimum absolute atomic E-state index is 0.424. The van der Waals surface area contributed by atoms with Gasteiger partial charge in [0.25, 0.3) is 0 Å². The summed E-state index contributed by atoms with van der Waals surface area (Å²) in [7, 11) is 1.87. The molecule has 4 nitrogen and oxygen atoms in total. The van der Waals surface area contributed by atoms with Gasteiger partial charge in [-0.05, 0) is 0 Å². The monoisotopic (exact) mass is 244 g/mol. The number of rotatable bonds is 1. The zero-order valence-corrected chi connectivity index (χ0v) is 9.89. The highest BCUT2D eigenvalue weighted by Crippen LogP contribution is 2.28. The Morgan fingerprint density at radius 3 is 2.59 bits per heavy atom. The Morgan fingerprint density at radius 2 is 1.88 bits per heavy atom. The molecule has 0 saturated heterocycles. The average molecular weight is 245 g/mol. The minimum Gasteiger partial charge on any atom is -0.275 e. The molecule has 17 heavy (non-hydrogen) atoms. The average Bonchev–Trinajstić information content (AvgIpc) is 2.77. The molecule has 0 N–H and O–H groups in total. The van der Waals surface area contributed by atoms with Crippen molar-refractivity contribution >= 4 is 22.4 Å². The Labute approximate surface area is 103 Å². The molecule has 5 heteroatoms. The van der Waals surface area contributed by atoms with Crippen molar-refractivity contribution in [2.75, 3.05) is 0 Å². The van der Waals surface area contributed by atoms with E-state index in [0.29, 0.717) is 5.15 Å². The van der Waals surface area contributed by atoms with Crippen molar-refractivity contribution in [3.63, 3.8) is 0 Å². The molecule has 0 atom stereocenters. The predicted molar refractivity (Wildman–Crippen MR) is 66.8 cm³/mol. The molecular weight excluding hydrogens is 236 g/mol. The summed E-state index contributed by atoms with van der Waals surface area (Å²) in [6.45, 7) is 0. The zero-order chi connectivity index (χ0) is 11.8. The maximum Gasteiger partial charge on any atom is 0.159 e. The van der Waals surface area contributed by atoms with Gasteiger partial charge in [0.05, 0.1) is 6.20 Å². The molecule has 0 fully saturated rings. The standard InChI is InChI=1S/C12H9ClN4/c1-17-7-8(6-14-17)11-9-4-2-3-5-10(9)12(13)16-15-11/h2-7H,1H3. The van der Waals surface area contributed by atoms with Gasteiger partial charge in [0.15, 0.2) is 5.15 Å². The Morgan fingerprint density at radius 1 is 1.12 bits per heavy atom. The van der Waals surface area contributed by atoms with Crippen molar-refractivity contribution in [1.82, 2.24) is 20.0 Å². The van der Waals surface area contributed by atoms with E-state index in [4.69, 9.17) is 11.6 Å². The van der Waals surface area contributed by atoms with Crippen molar-refractivity contribution in [2.24, 2.45) is 7.05 Å². The Kier molecular flexibility index (Phi) is 2.30. The minimum atomic E-state index is 0.424. The van der Waals surface area contributed by atoms with Gasteiger partial charge in [-0.2, -0.15) is 5.10 Å². The van der Waals surface area contributed by atoms with Gasteiger partial charge in [0, 0.05) is 29.6 Å². The van der Waals surface area contributed by atoms with Crippen LogP contribution in [0.2, 0.25) is 5.15 Å². The summed E-state index contributed by atoms with van der Waals surface area (Å²) in [5.41, 5.74) is 1.74. The van der Waals surface area contributed by atoms with E-state index < -0.39 is 0 Å². The van der Waals surface area contributed by atoms with Crippen LogP contribution in [0.3, 0.4) is 0 Å². The molecule has 1 aromatic carbocycles. The molecule has 2 aromatic heterocycles. The third kappa shape index (κ3) is 1.66. The number of aromatic nitrogens is 4. The zero-order valence-electron chi connectivity index (χ0n) is 9.13. The van der Waals surface area contributed by atoms with E-state index in [1.54, 1.807) is 10.9 Å². The van der Waals surface area contributed by atoms with Gasteiger partial charge in [-0.3, -0.25) is 4.68 Å². The molecule has 0 amide bonds. The summed E-state index contributed by atoms with van der Waals surface area (Å²) in [5, 5.41) is 14.6. The third-order valence-corrected chi connectivity index (χ3v) is 2.90. The third-order valence-electron chi connectivity index (χ3n) is 2.62. The molecule has 0 unspecified atom stereocenters. The first-order chi connectivity index (χ1) is 8.25. The van der Waals surface area contributed by atoms with Crippen molar-refractivity contribution in [3.05, 3.63) is 41.8 Å². The lowest BCUT2D eigenvalue weighted by Crippen LogP contribution is -1.90. The van der Waals surface area contributed by atoms with Crippen molar-refractivity contribution < 1.29 is 0 Å². The van der Waals surface area contributed by atoms with Gasteiger partial charge < -0.3 is 0 Å². The Balaban J connectivity index is 2.34. The summed E-state index contributed by atoms with van der Waals surface area (Å²) >= 11 is 6.03. The first kappa shape index (κ1) is 10.2. The van der Waals surface area contributed by atoms with Crippen LogP contribution in [0.25, 0.3) is 22.0 Å². The second-order valence-electron chi connectivity index (χ2n) is 3.79. The Hall–Kier alpha value is -1.94. The first-order valence-corrected chi connectivity index (χ1v) is 5.53. The largest absolute Gasteiger partial charge is 0.275 e. The summed E-state index contributed by atoms with van der Waals surface area (Å²) in [4.78, 5) is 0. The molecule has 3 rings (SSSR count). The highest BCUT2D eigenvalue weighted by Gasteiger charge is 2.10. The van der Waals surface area contributed by atoms with Crippen LogP contribution in [0.15, 0.2) is 36.7 Å². The van der Waals surface area contributed by atoms with Crippen molar-refractivity contribution in [2.45, 2.75) is 0 Å². The fourth-order valence-electron chi connectivity index (χ4n) is 1.83. The molecular formula is C12H9ClN4. The molecule has 0 spiro atoms. The van der Waals surface area contributed by atoms with E-state index in [1.165, 1.54) is 0 Å². The molecule has 0 radical (unpaired) electrons. The summed E-state index contributed by atoms with van der Waals surface area (Å²) in [5.74, 6) is 0.